The molecule has 1 heterocycles. The highest BCUT2D eigenvalue weighted by Crippen LogP contribution is 2.30. The zero-order valence-corrected chi connectivity index (χ0v) is 18.2. The number of methoxy groups -OCH3 is 1. The van der Waals surface area contributed by atoms with Crippen molar-refractivity contribution in [1.29, 1.82) is 0 Å². The Balaban J connectivity index is 1.45. The molecular formula is C24H29F3N2O3. The Kier molecular flexibility index (Phi) is 8.39. The van der Waals surface area contributed by atoms with Gasteiger partial charge in [-0.15, -0.1) is 0 Å². The molecule has 1 fully saturated rings. The van der Waals surface area contributed by atoms with E-state index in [9.17, 15) is 18.0 Å². The first-order valence-electron chi connectivity index (χ1n) is 10.8. The lowest BCUT2D eigenvalue weighted by molar-refractivity contribution is -0.153. The van der Waals surface area contributed by atoms with Crippen LogP contribution in [0.2, 0.25) is 0 Å². The summed E-state index contributed by atoms with van der Waals surface area (Å²) < 4.78 is 47.0. The van der Waals surface area contributed by atoms with E-state index in [2.05, 4.69) is 10.2 Å². The van der Waals surface area contributed by atoms with Gasteiger partial charge >= 0.3 is 6.18 Å². The summed E-state index contributed by atoms with van der Waals surface area (Å²) in [6.07, 6.45) is -0.188. The fourth-order valence-corrected chi connectivity index (χ4v) is 3.68. The molecule has 8 heteroatoms. The Hall–Kier alpha value is -2.74. The quantitative estimate of drug-likeness (QED) is 0.563. The van der Waals surface area contributed by atoms with Crippen LogP contribution in [0.4, 0.5) is 18.9 Å². The van der Waals surface area contributed by atoms with E-state index in [4.69, 9.17) is 9.47 Å². The molecule has 0 atom stereocenters. The number of alkyl halides is 3. The molecule has 0 radical (unpaired) electrons. The van der Waals surface area contributed by atoms with Crippen LogP contribution in [0.15, 0.2) is 42.5 Å². The number of carbonyl (C=O) groups excluding carboxylic acids is 1. The summed E-state index contributed by atoms with van der Waals surface area (Å²) in [7, 11) is 1.36. The van der Waals surface area contributed by atoms with Crippen molar-refractivity contribution in [3.63, 3.8) is 0 Å². The topological polar surface area (TPSA) is 50.8 Å². The number of anilines is 1. The van der Waals surface area contributed by atoms with E-state index in [1.54, 1.807) is 12.1 Å². The molecule has 0 unspecified atom stereocenters. The van der Waals surface area contributed by atoms with Gasteiger partial charge in [-0.1, -0.05) is 18.2 Å². The third-order valence-corrected chi connectivity index (χ3v) is 5.41. The van der Waals surface area contributed by atoms with Crippen LogP contribution >= 0.6 is 0 Å². The van der Waals surface area contributed by atoms with Gasteiger partial charge in [-0.3, -0.25) is 4.79 Å². The van der Waals surface area contributed by atoms with Crippen LogP contribution in [0.1, 0.15) is 30.4 Å². The van der Waals surface area contributed by atoms with Gasteiger partial charge in [0.1, 0.15) is 0 Å². The standard InChI is InChI=1S/C24H29F3N2O3/c1-31-22-16-19(6-10-21(22)32-17-24(25,26)27)7-11-23(30)28-20-8-4-18(5-9-20)12-15-29-13-2-3-14-29/h4-6,8-10,16H,2-3,7,11-15,17H2,1H3,(H,28,30). The molecule has 0 aromatic heterocycles. The molecule has 1 saturated heterocycles. The summed E-state index contributed by atoms with van der Waals surface area (Å²) in [4.78, 5) is 14.8. The second-order valence-corrected chi connectivity index (χ2v) is 7.93. The molecule has 32 heavy (non-hydrogen) atoms. The van der Waals surface area contributed by atoms with E-state index in [-0.39, 0.29) is 23.8 Å². The fraction of sp³-hybridized carbons (Fsp3) is 0.458. The molecule has 0 spiro atoms. The minimum atomic E-state index is -4.42. The molecule has 2 aromatic rings. The van der Waals surface area contributed by atoms with Crippen molar-refractivity contribution in [2.24, 2.45) is 0 Å². The monoisotopic (exact) mass is 450 g/mol. The summed E-state index contributed by atoms with van der Waals surface area (Å²) >= 11 is 0. The third-order valence-electron chi connectivity index (χ3n) is 5.41. The molecule has 1 aliphatic rings. The first kappa shape index (κ1) is 23.9. The summed E-state index contributed by atoms with van der Waals surface area (Å²) in [6, 6.07) is 12.6. The van der Waals surface area contributed by atoms with E-state index in [1.165, 1.54) is 44.7 Å². The number of halogens is 3. The Morgan fingerprint density at radius 2 is 1.69 bits per heavy atom. The summed E-state index contributed by atoms with van der Waals surface area (Å²) in [5.74, 6) is 0.0886. The largest absolute Gasteiger partial charge is 0.493 e. The average molecular weight is 451 g/mol. The number of benzene rings is 2. The van der Waals surface area contributed by atoms with Crippen molar-refractivity contribution in [2.45, 2.75) is 38.3 Å². The Morgan fingerprint density at radius 1 is 1.00 bits per heavy atom. The van der Waals surface area contributed by atoms with E-state index in [1.807, 2.05) is 24.3 Å². The minimum absolute atomic E-state index is 0.0165. The van der Waals surface area contributed by atoms with Crippen molar-refractivity contribution >= 4 is 11.6 Å². The van der Waals surface area contributed by atoms with E-state index >= 15 is 0 Å². The number of likely N-dealkylation sites (tertiary alicyclic amines) is 1. The number of rotatable bonds is 10. The number of nitrogens with zero attached hydrogens (tertiary/aromatic N) is 1. The van der Waals surface area contributed by atoms with Gasteiger partial charge in [0, 0.05) is 18.7 Å². The zero-order chi connectivity index (χ0) is 23.0. The minimum Gasteiger partial charge on any atom is -0.493 e. The molecule has 0 saturated carbocycles. The maximum Gasteiger partial charge on any atom is 0.422 e. The average Bonchev–Trinajstić information content (AvgIpc) is 3.29. The van der Waals surface area contributed by atoms with Gasteiger partial charge in [0.2, 0.25) is 5.91 Å². The van der Waals surface area contributed by atoms with Gasteiger partial charge < -0.3 is 19.7 Å². The molecule has 1 N–H and O–H groups in total. The Labute approximate surface area is 186 Å². The smallest absolute Gasteiger partial charge is 0.422 e. The van der Waals surface area contributed by atoms with Gasteiger partial charge in [-0.05, 0) is 74.2 Å². The first-order valence-corrected chi connectivity index (χ1v) is 10.8. The zero-order valence-electron chi connectivity index (χ0n) is 18.2. The normalized spacial score (nSPS) is 14.4. The lowest BCUT2D eigenvalue weighted by Crippen LogP contribution is -2.21. The Bertz CT molecular complexity index is 879. The van der Waals surface area contributed by atoms with E-state index in [0.29, 0.717) is 6.42 Å². The predicted octanol–water partition coefficient (Wildman–Crippen LogP) is 4.85. The van der Waals surface area contributed by atoms with Crippen LogP contribution in [-0.2, 0) is 17.6 Å². The van der Waals surface area contributed by atoms with Crippen molar-refractivity contribution in [2.75, 3.05) is 38.7 Å². The van der Waals surface area contributed by atoms with Crippen molar-refractivity contribution < 1.29 is 27.4 Å². The molecule has 174 valence electrons. The summed E-state index contributed by atoms with van der Waals surface area (Å²) in [5, 5.41) is 2.88. The first-order chi connectivity index (χ1) is 15.3. The van der Waals surface area contributed by atoms with Crippen LogP contribution in [0.3, 0.4) is 0 Å². The number of ether oxygens (including phenoxy) is 2. The van der Waals surface area contributed by atoms with Crippen molar-refractivity contribution in [3.8, 4) is 11.5 Å². The lowest BCUT2D eigenvalue weighted by Gasteiger charge is -2.14. The lowest BCUT2D eigenvalue weighted by atomic mass is 10.1. The fourth-order valence-electron chi connectivity index (χ4n) is 3.68. The second-order valence-electron chi connectivity index (χ2n) is 7.93. The highest BCUT2D eigenvalue weighted by atomic mass is 19.4. The van der Waals surface area contributed by atoms with Crippen molar-refractivity contribution in [3.05, 3.63) is 53.6 Å². The number of hydrogen-bond donors (Lipinski definition) is 1. The number of nitrogens with one attached hydrogen (secondary N) is 1. The molecule has 3 rings (SSSR count). The molecule has 1 aliphatic heterocycles. The van der Waals surface area contributed by atoms with Crippen LogP contribution in [0, 0.1) is 0 Å². The van der Waals surface area contributed by atoms with Gasteiger partial charge in [0.15, 0.2) is 18.1 Å². The second kappa shape index (κ2) is 11.2. The maximum atomic E-state index is 12.4. The van der Waals surface area contributed by atoms with Gasteiger partial charge in [-0.2, -0.15) is 13.2 Å². The SMILES string of the molecule is COc1cc(CCC(=O)Nc2ccc(CCN3CCCC3)cc2)ccc1OCC(F)(F)F. The molecule has 2 aromatic carbocycles. The highest BCUT2D eigenvalue weighted by molar-refractivity contribution is 5.90. The van der Waals surface area contributed by atoms with Crippen LogP contribution in [0.5, 0.6) is 11.5 Å². The van der Waals surface area contributed by atoms with Crippen molar-refractivity contribution in [1.82, 2.24) is 4.90 Å². The van der Waals surface area contributed by atoms with E-state index < -0.39 is 12.8 Å². The van der Waals surface area contributed by atoms with Crippen LogP contribution in [0.25, 0.3) is 0 Å². The third kappa shape index (κ3) is 7.75. The number of aryl methyl sites for hydroxylation is 1. The molecule has 0 bridgehead atoms. The number of amides is 1. The highest BCUT2D eigenvalue weighted by Gasteiger charge is 2.29. The maximum absolute atomic E-state index is 12.4. The Morgan fingerprint density at radius 3 is 2.34 bits per heavy atom. The number of hydrogen-bond acceptors (Lipinski definition) is 4. The van der Waals surface area contributed by atoms with Crippen LogP contribution in [-0.4, -0.2) is 50.3 Å². The molecule has 0 aliphatic carbocycles. The molecule has 5 nitrogen and oxygen atoms in total. The van der Waals surface area contributed by atoms with Gasteiger partial charge in [-0.25, -0.2) is 0 Å². The summed E-state index contributed by atoms with van der Waals surface area (Å²) in [6.45, 7) is 2.05. The van der Waals surface area contributed by atoms with Gasteiger partial charge in [0.05, 0.1) is 7.11 Å². The van der Waals surface area contributed by atoms with E-state index in [0.717, 1.165) is 24.2 Å². The van der Waals surface area contributed by atoms with Crippen LogP contribution < -0.4 is 14.8 Å². The predicted molar refractivity (Wildman–Crippen MR) is 117 cm³/mol. The molecular weight excluding hydrogens is 421 g/mol. The number of carbonyl (C=O) groups is 1. The van der Waals surface area contributed by atoms with Gasteiger partial charge in [0.25, 0.3) is 0 Å². The summed E-state index contributed by atoms with van der Waals surface area (Å²) in [5.41, 5.74) is 2.76. The molecule has 1 amide bonds.